The number of nitrogens with one attached hydrogen (secondary N) is 8. The topological polar surface area (TPSA) is 398 Å². The van der Waals surface area contributed by atoms with Crippen LogP contribution in [0.4, 0.5) is 40.3 Å². The number of aromatic nitrogens is 15. The van der Waals surface area contributed by atoms with E-state index in [-0.39, 0.29) is 18.3 Å². The standard InChI is InChI=1S/C20H22N6.C19H19F3N6.C19H20N6O.C19H20N6.C17H15FN4O/c21-10-16-19(24-14-5-8-26(9-6-14)12-13-3-4-13)18-15-2-1-7-22-20(15)25-17(18)11-23-16;20-19(21,22)5-9-28-7-3-12(4-8-28)26-17-14(10-23)25-11-15-16(17)13-2-1-6-24-18(13)27-15;20-8-15-18(23-12-3-6-25(7-4-12)13-10-26-11-13)17-14-2-1-5-21-19(14)24-16(17)9-22-15;20-10-15-18(25-9-5-13(12-25)24-7-1-2-8-24)17-14-4-3-6-21-19(14)23-16(17)11-22-15;18-11-5-1-2-6-14(11)23-16-12(8-19)21-9-13-15(16)10-4-3-7-20-17(10)22-13/h1-2,7,11,13-14,24H,3-6,8-9,12H2,(H,22,25);1-2,6,11-12,26H,3-5,7-9H2,(H,24,27);1-2,5,9,12-13,23H,3-4,6-7,10-11H2,(H,21,24);3-4,6,11,13H,1-2,5,7-9,12H2,(H,21,23);3-4,7,9,11,14H,1-2,5-6H2,(H,20,22)/t;;;;11-,14-/m....0/s1. The second-order valence-electron chi connectivity index (χ2n) is 34.5. The molecule has 34 heteroatoms. The SMILES string of the molecule is N#Cc1ncc2[nH]c3ncccc3c2c1N1CCC(N2CCCC2)C1.N#Cc1ncc2[nH]c3ncccc3c2c1NC1CCN(C2COC2)CC1.N#Cc1ncc2[nH]c3ncccc3c2c1NC1CCN(CC2CC2)CC1.N#Cc1ncc2[nH]c3ncccc3c2c1NC1CCN(CCC(F)(F)F)CC1.N#Cc1ncc2[nH]c3ncccc3c2c1O[C@H]1CCCC[C@@H]1F. The summed E-state index contributed by atoms with van der Waals surface area (Å²) in [6, 6.07) is 32.4. The minimum atomic E-state index is -4.12. The number of anilines is 4. The number of rotatable bonds is 15. The lowest BCUT2D eigenvalue weighted by atomic mass is 9.96. The van der Waals surface area contributed by atoms with Gasteiger partial charge in [-0.1, -0.05) is 6.42 Å². The number of pyridine rings is 10. The van der Waals surface area contributed by atoms with Crippen LogP contribution in [0.3, 0.4) is 0 Å². The maximum Gasteiger partial charge on any atom is 0.390 e. The van der Waals surface area contributed by atoms with Crippen LogP contribution in [0.15, 0.2) is 123 Å². The molecule has 8 fully saturated rings. The number of nitrogens with zero attached hydrogens (tertiary/aromatic N) is 20. The lowest BCUT2D eigenvalue weighted by Gasteiger charge is -2.41. The third kappa shape index (κ3) is 17.8. The highest BCUT2D eigenvalue weighted by atomic mass is 19.4. The van der Waals surface area contributed by atoms with Gasteiger partial charge in [-0.3, -0.25) is 9.80 Å². The first-order valence-electron chi connectivity index (χ1n) is 44.4. The summed E-state index contributed by atoms with van der Waals surface area (Å²) >= 11 is 0. The fourth-order valence-electron chi connectivity index (χ4n) is 19.5. The predicted molar refractivity (Wildman–Crippen MR) is 482 cm³/mol. The van der Waals surface area contributed by atoms with E-state index in [0.717, 1.165) is 224 Å². The summed E-state index contributed by atoms with van der Waals surface area (Å²) in [5.74, 6) is 1.31. The van der Waals surface area contributed by atoms with Crippen molar-refractivity contribution in [1.29, 1.82) is 26.3 Å². The molecule has 15 aromatic heterocycles. The Morgan fingerprint density at radius 2 is 0.805 bits per heavy atom. The molecule has 30 nitrogen and oxygen atoms in total. The van der Waals surface area contributed by atoms with Crippen LogP contribution in [0.1, 0.15) is 131 Å². The van der Waals surface area contributed by atoms with Gasteiger partial charge in [0.25, 0.3) is 0 Å². The Morgan fingerprint density at radius 1 is 0.414 bits per heavy atom. The Balaban J connectivity index is 0.000000104. The number of piperidine rings is 3. The monoisotopic (exact) mass is 1720 g/mol. The highest BCUT2D eigenvalue weighted by Crippen LogP contribution is 2.43. The van der Waals surface area contributed by atoms with E-state index in [4.69, 9.17) is 9.47 Å². The summed E-state index contributed by atoms with van der Waals surface area (Å²) in [5, 5.41) is 68.0. The highest BCUT2D eigenvalue weighted by molar-refractivity contribution is 6.16. The lowest BCUT2D eigenvalue weighted by Crippen LogP contribution is -2.53. The number of hydrogen-bond acceptors (Lipinski definition) is 25. The van der Waals surface area contributed by atoms with Gasteiger partial charge in [0.05, 0.1) is 112 Å². The molecule has 2 aliphatic carbocycles. The first-order chi connectivity index (χ1) is 62.7. The molecular formula is C94H96F4N28O2. The zero-order valence-electron chi connectivity index (χ0n) is 70.7. The number of hydrogen-bond donors (Lipinski definition) is 8. The summed E-state index contributed by atoms with van der Waals surface area (Å²) < 4.78 is 62.7. The first-order valence-corrected chi connectivity index (χ1v) is 44.4. The second-order valence-corrected chi connectivity index (χ2v) is 34.5. The van der Waals surface area contributed by atoms with Crippen LogP contribution in [-0.4, -0.2) is 235 Å². The Morgan fingerprint density at radius 3 is 1.23 bits per heavy atom. The molecule has 8 N–H and O–H groups in total. The number of likely N-dealkylation sites (tertiary alicyclic amines) is 4. The number of nitriles is 5. The third-order valence-electron chi connectivity index (χ3n) is 26.3. The number of halogens is 4. The number of aromatic amines is 5. The minimum absolute atomic E-state index is 0.0327. The molecule has 128 heavy (non-hydrogen) atoms. The van der Waals surface area contributed by atoms with Crippen molar-refractivity contribution in [2.24, 2.45) is 5.92 Å². The molecule has 0 radical (unpaired) electrons. The van der Waals surface area contributed by atoms with Gasteiger partial charge >= 0.3 is 6.18 Å². The van der Waals surface area contributed by atoms with E-state index in [2.05, 4.69) is 147 Å². The third-order valence-corrected chi connectivity index (χ3v) is 26.3. The number of ether oxygens (including phenoxy) is 2. The summed E-state index contributed by atoms with van der Waals surface area (Å²) in [6.45, 7) is 13.0. The molecule has 0 amide bonds. The van der Waals surface area contributed by atoms with Gasteiger partial charge in [-0.15, -0.1) is 0 Å². The molecule has 6 saturated heterocycles. The van der Waals surface area contributed by atoms with Gasteiger partial charge in [-0.25, -0.2) is 54.2 Å². The largest absolute Gasteiger partial charge is 0.484 e. The Bertz CT molecular complexity index is 6790. The van der Waals surface area contributed by atoms with Crippen LogP contribution >= 0.6 is 0 Å². The van der Waals surface area contributed by atoms with Crippen molar-refractivity contribution < 1.29 is 27.0 Å². The van der Waals surface area contributed by atoms with Crippen LogP contribution in [0.2, 0.25) is 0 Å². The number of fused-ring (bicyclic) bond motifs is 15. The second kappa shape index (κ2) is 37.2. The Kier molecular flexibility index (Phi) is 24.4. The molecule has 8 aliphatic rings. The Labute approximate surface area is 733 Å². The summed E-state index contributed by atoms with van der Waals surface area (Å²) in [5.41, 5.74) is 13.4. The molecule has 652 valence electrons. The fraction of sp³-hybridized carbons (Fsp3) is 0.415. The van der Waals surface area contributed by atoms with Crippen molar-refractivity contribution in [3.8, 4) is 36.1 Å². The molecule has 6 aliphatic heterocycles. The van der Waals surface area contributed by atoms with Crippen LogP contribution in [0.25, 0.3) is 110 Å². The molecule has 3 atom stereocenters. The van der Waals surface area contributed by atoms with Crippen LogP contribution in [-0.2, 0) is 4.74 Å². The Hall–Kier alpha value is -13.5. The molecule has 0 spiro atoms. The van der Waals surface area contributed by atoms with E-state index < -0.39 is 24.9 Å². The number of H-pyrrole nitrogens is 5. The van der Waals surface area contributed by atoms with E-state index in [1.807, 2.05) is 59.5 Å². The van der Waals surface area contributed by atoms with Gasteiger partial charge in [0.2, 0.25) is 0 Å². The summed E-state index contributed by atoms with van der Waals surface area (Å²) in [6.07, 6.45) is 26.0. The van der Waals surface area contributed by atoms with Crippen molar-refractivity contribution in [3.63, 3.8) is 0 Å². The van der Waals surface area contributed by atoms with Crippen LogP contribution < -0.4 is 25.6 Å². The molecule has 21 heterocycles. The molecule has 23 rings (SSSR count). The fourth-order valence-corrected chi connectivity index (χ4v) is 19.5. The zero-order valence-corrected chi connectivity index (χ0v) is 70.7. The molecule has 0 bridgehead atoms. The maximum absolute atomic E-state index is 14.2. The smallest absolute Gasteiger partial charge is 0.390 e. The van der Waals surface area contributed by atoms with Gasteiger partial charge in [0.1, 0.15) is 70.9 Å². The molecule has 15 aromatic rings. The van der Waals surface area contributed by atoms with Crippen molar-refractivity contribution in [1.82, 2.24) is 94.4 Å². The zero-order chi connectivity index (χ0) is 87.4. The van der Waals surface area contributed by atoms with Gasteiger partial charge in [0, 0.05) is 169 Å². The van der Waals surface area contributed by atoms with Crippen molar-refractivity contribution in [2.75, 3.05) is 113 Å². The van der Waals surface area contributed by atoms with Crippen LogP contribution in [0.5, 0.6) is 5.75 Å². The van der Waals surface area contributed by atoms with Gasteiger partial charge in [-0.2, -0.15) is 39.5 Å². The predicted octanol–water partition coefficient (Wildman–Crippen LogP) is 15.6. The van der Waals surface area contributed by atoms with E-state index in [9.17, 15) is 43.9 Å². The van der Waals surface area contributed by atoms with Crippen molar-refractivity contribution in [3.05, 3.63) is 151 Å². The van der Waals surface area contributed by atoms with Gasteiger partial charge in [0.15, 0.2) is 34.2 Å². The molecule has 2 saturated carbocycles. The van der Waals surface area contributed by atoms with E-state index >= 15 is 0 Å². The van der Waals surface area contributed by atoms with E-state index in [1.54, 1.807) is 62.0 Å². The van der Waals surface area contributed by atoms with Crippen molar-refractivity contribution >= 4 is 132 Å². The molecular weight excluding hydrogens is 1630 g/mol. The average Bonchev–Trinajstić information content (AvgIpc) is 1.61. The molecule has 0 aromatic carbocycles. The maximum atomic E-state index is 14.2. The van der Waals surface area contributed by atoms with Crippen molar-refractivity contribution in [2.45, 2.75) is 151 Å². The average molecular weight is 1730 g/mol. The van der Waals surface area contributed by atoms with Gasteiger partial charge in [-0.05, 0) is 170 Å². The molecule has 1 unspecified atom stereocenters. The van der Waals surface area contributed by atoms with Crippen LogP contribution in [0, 0.1) is 62.6 Å². The van der Waals surface area contributed by atoms with Gasteiger partial charge < -0.3 is 65.0 Å². The highest BCUT2D eigenvalue weighted by Gasteiger charge is 2.37. The van der Waals surface area contributed by atoms with E-state index in [0.29, 0.717) is 103 Å². The summed E-state index contributed by atoms with van der Waals surface area (Å²) in [7, 11) is 0. The quantitative estimate of drug-likeness (QED) is 0.0442. The minimum Gasteiger partial charge on any atom is -0.484 e. The lowest BCUT2D eigenvalue weighted by molar-refractivity contribution is -0.138. The van der Waals surface area contributed by atoms with E-state index in [1.165, 1.54) is 45.3 Å². The number of alkyl halides is 4. The first kappa shape index (κ1) is 84.0. The normalized spacial score (nSPS) is 19.5. The summed E-state index contributed by atoms with van der Waals surface area (Å²) in [4.78, 5) is 71.5.